The van der Waals surface area contributed by atoms with Gasteiger partial charge in [-0.25, -0.2) is 4.79 Å². The van der Waals surface area contributed by atoms with Crippen molar-refractivity contribution in [3.8, 4) is 0 Å². The predicted molar refractivity (Wildman–Crippen MR) is 48.4 cm³/mol. The number of rotatable bonds is 1. The van der Waals surface area contributed by atoms with Crippen molar-refractivity contribution in [3.05, 3.63) is 11.1 Å². The van der Waals surface area contributed by atoms with Gasteiger partial charge >= 0.3 is 5.97 Å². The summed E-state index contributed by atoms with van der Waals surface area (Å²) in [6, 6.07) is 0. The second-order valence-corrected chi connectivity index (χ2v) is 3.68. The van der Waals surface area contributed by atoms with Crippen molar-refractivity contribution in [1.29, 1.82) is 0 Å². The van der Waals surface area contributed by atoms with Crippen molar-refractivity contribution in [2.75, 3.05) is 0 Å². The highest BCUT2D eigenvalue weighted by atomic mass is 16.4. The van der Waals surface area contributed by atoms with Gasteiger partial charge in [-0.05, 0) is 25.7 Å². The number of hydrogen-bond donors (Lipinski definition) is 1. The Kier molecular flexibility index (Phi) is 2.86. The molecule has 1 unspecified atom stereocenters. The number of carboxylic acids is 1. The van der Waals surface area contributed by atoms with Crippen LogP contribution in [0.1, 0.15) is 33.1 Å². The van der Waals surface area contributed by atoms with Crippen LogP contribution in [0.25, 0.3) is 0 Å². The van der Waals surface area contributed by atoms with Crippen molar-refractivity contribution in [3.63, 3.8) is 0 Å². The zero-order valence-corrected chi connectivity index (χ0v) is 7.96. The van der Waals surface area contributed by atoms with E-state index in [4.69, 9.17) is 5.11 Å². The van der Waals surface area contributed by atoms with E-state index in [1.807, 2.05) is 6.92 Å². The van der Waals surface area contributed by atoms with E-state index in [0.717, 1.165) is 6.42 Å². The molecule has 1 saturated carbocycles. The van der Waals surface area contributed by atoms with Gasteiger partial charge in [0, 0.05) is 17.6 Å². The number of carbonyl (C=O) groups excluding carboxylic acids is 1. The number of carbonyl (C=O) groups is 2. The summed E-state index contributed by atoms with van der Waals surface area (Å²) in [4.78, 5) is 22.0. The van der Waals surface area contributed by atoms with E-state index in [1.165, 1.54) is 6.92 Å². The van der Waals surface area contributed by atoms with Gasteiger partial charge in [-0.15, -0.1) is 0 Å². The van der Waals surface area contributed by atoms with Crippen molar-refractivity contribution in [2.45, 2.75) is 33.1 Å². The normalized spacial score (nSPS) is 27.2. The molecule has 0 aliphatic heterocycles. The standard InChI is InChI=1S/C10H14O3/c1-6-3-4-8(9(11)5-6)7(2)10(12)13/h6H,3-5H2,1-2H3,(H,12,13). The smallest absolute Gasteiger partial charge is 0.331 e. The van der Waals surface area contributed by atoms with Crippen LogP contribution in [0.15, 0.2) is 11.1 Å². The first-order valence-corrected chi connectivity index (χ1v) is 4.48. The van der Waals surface area contributed by atoms with Gasteiger partial charge in [0.05, 0.1) is 0 Å². The topological polar surface area (TPSA) is 54.4 Å². The summed E-state index contributed by atoms with van der Waals surface area (Å²) in [5, 5.41) is 8.71. The first-order valence-electron chi connectivity index (χ1n) is 4.48. The SMILES string of the molecule is CC(C(=O)O)=C1CCC(C)CC1=O. The fourth-order valence-corrected chi connectivity index (χ4v) is 1.60. The molecule has 0 amide bonds. The van der Waals surface area contributed by atoms with Gasteiger partial charge < -0.3 is 5.11 Å². The molecule has 1 aliphatic rings. The second kappa shape index (κ2) is 3.73. The lowest BCUT2D eigenvalue weighted by molar-refractivity contribution is -0.133. The largest absolute Gasteiger partial charge is 0.478 e. The highest BCUT2D eigenvalue weighted by Crippen LogP contribution is 2.27. The maximum Gasteiger partial charge on any atom is 0.331 e. The zero-order valence-electron chi connectivity index (χ0n) is 7.96. The first-order chi connectivity index (χ1) is 6.02. The van der Waals surface area contributed by atoms with Crippen molar-refractivity contribution in [2.24, 2.45) is 5.92 Å². The molecule has 1 aliphatic carbocycles. The monoisotopic (exact) mass is 182 g/mol. The minimum Gasteiger partial charge on any atom is -0.478 e. The van der Waals surface area contributed by atoms with Crippen LogP contribution < -0.4 is 0 Å². The lowest BCUT2D eigenvalue weighted by atomic mass is 9.84. The van der Waals surface area contributed by atoms with E-state index in [2.05, 4.69) is 0 Å². The highest BCUT2D eigenvalue weighted by Gasteiger charge is 2.23. The Hall–Kier alpha value is -1.12. The highest BCUT2D eigenvalue weighted by molar-refractivity contribution is 6.03. The lowest BCUT2D eigenvalue weighted by Crippen LogP contribution is -2.18. The third-order valence-corrected chi connectivity index (χ3v) is 2.53. The fourth-order valence-electron chi connectivity index (χ4n) is 1.60. The summed E-state index contributed by atoms with van der Waals surface area (Å²) in [5.41, 5.74) is 0.738. The molecule has 0 radical (unpaired) electrons. The molecule has 3 nitrogen and oxygen atoms in total. The fraction of sp³-hybridized carbons (Fsp3) is 0.600. The van der Waals surface area contributed by atoms with Crippen LogP contribution in [0.2, 0.25) is 0 Å². The molecule has 13 heavy (non-hydrogen) atoms. The summed E-state index contributed by atoms with van der Waals surface area (Å²) >= 11 is 0. The van der Waals surface area contributed by atoms with Crippen molar-refractivity contribution >= 4 is 11.8 Å². The molecule has 1 atom stereocenters. The minimum absolute atomic E-state index is 0.0126. The number of aliphatic carboxylic acids is 1. The number of hydrogen-bond acceptors (Lipinski definition) is 2. The van der Waals surface area contributed by atoms with Crippen molar-refractivity contribution < 1.29 is 14.7 Å². The number of ketones is 1. The van der Waals surface area contributed by atoms with Crippen LogP contribution in [0.5, 0.6) is 0 Å². The molecule has 0 aromatic heterocycles. The van der Waals surface area contributed by atoms with Crippen LogP contribution in [-0.2, 0) is 9.59 Å². The van der Waals surface area contributed by atoms with E-state index in [-0.39, 0.29) is 11.4 Å². The van der Waals surface area contributed by atoms with Gasteiger partial charge in [0.2, 0.25) is 0 Å². The molecule has 0 aromatic carbocycles. The Morgan fingerprint density at radius 1 is 1.54 bits per heavy atom. The Morgan fingerprint density at radius 2 is 2.15 bits per heavy atom. The lowest BCUT2D eigenvalue weighted by Gasteiger charge is -2.19. The molecule has 0 aromatic rings. The van der Waals surface area contributed by atoms with Gasteiger partial charge in [-0.2, -0.15) is 0 Å². The summed E-state index contributed by atoms with van der Waals surface area (Å²) in [5.74, 6) is -0.561. The average Bonchev–Trinajstić information content (AvgIpc) is 2.03. The van der Waals surface area contributed by atoms with E-state index < -0.39 is 5.97 Å². The van der Waals surface area contributed by atoms with Gasteiger partial charge in [0.15, 0.2) is 5.78 Å². The number of Topliss-reactive ketones (excluding diaryl/α,β-unsaturated/α-hetero) is 1. The molecule has 0 heterocycles. The molecule has 1 rings (SSSR count). The molecular weight excluding hydrogens is 168 g/mol. The van der Waals surface area contributed by atoms with E-state index in [1.54, 1.807) is 0 Å². The Bertz CT molecular complexity index is 276. The maximum atomic E-state index is 11.4. The van der Waals surface area contributed by atoms with Crippen LogP contribution in [0, 0.1) is 5.92 Å². The van der Waals surface area contributed by atoms with Crippen LogP contribution in [0.4, 0.5) is 0 Å². The molecule has 1 fully saturated rings. The number of allylic oxidation sites excluding steroid dienone is 1. The van der Waals surface area contributed by atoms with Gasteiger partial charge in [-0.3, -0.25) is 4.79 Å². The van der Waals surface area contributed by atoms with Crippen molar-refractivity contribution in [1.82, 2.24) is 0 Å². The predicted octanol–water partition coefficient (Wildman–Crippen LogP) is 1.78. The molecule has 72 valence electrons. The van der Waals surface area contributed by atoms with E-state index in [0.29, 0.717) is 24.3 Å². The summed E-state index contributed by atoms with van der Waals surface area (Å²) in [6.07, 6.45) is 2.05. The molecule has 0 spiro atoms. The Labute approximate surface area is 77.4 Å². The molecule has 0 saturated heterocycles. The Morgan fingerprint density at radius 3 is 2.62 bits per heavy atom. The summed E-state index contributed by atoms with van der Waals surface area (Å²) < 4.78 is 0. The Balaban J connectivity index is 2.88. The quantitative estimate of drug-likeness (QED) is 0.629. The second-order valence-electron chi connectivity index (χ2n) is 3.68. The van der Waals surface area contributed by atoms with Gasteiger partial charge in [0.1, 0.15) is 0 Å². The third kappa shape index (κ3) is 2.17. The minimum atomic E-state index is -0.974. The summed E-state index contributed by atoms with van der Waals surface area (Å²) in [7, 11) is 0. The average molecular weight is 182 g/mol. The zero-order chi connectivity index (χ0) is 10.0. The van der Waals surface area contributed by atoms with Crippen LogP contribution in [0.3, 0.4) is 0 Å². The molecule has 1 N–H and O–H groups in total. The van der Waals surface area contributed by atoms with E-state index in [9.17, 15) is 9.59 Å². The van der Waals surface area contributed by atoms with Gasteiger partial charge in [-0.1, -0.05) is 6.92 Å². The molecule has 0 bridgehead atoms. The van der Waals surface area contributed by atoms with Crippen LogP contribution >= 0.6 is 0 Å². The van der Waals surface area contributed by atoms with Gasteiger partial charge in [0.25, 0.3) is 0 Å². The van der Waals surface area contributed by atoms with E-state index >= 15 is 0 Å². The third-order valence-electron chi connectivity index (χ3n) is 2.53. The number of carboxylic acid groups (broad SMARTS) is 1. The molecule has 3 heteroatoms. The molecular formula is C10H14O3. The summed E-state index contributed by atoms with van der Waals surface area (Å²) in [6.45, 7) is 3.52. The maximum absolute atomic E-state index is 11.4. The van der Waals surface area contributed by atoms with Crippen LogP contribution in [-0.4, -0.2) is 16.9 Å². The first kappa shape index (κ1) is 9.96.